The fourth-order valence-electron chi connectivity index (χ4n) is 3.10. The number of likely N-dealkylation sites (N-methyl/N-ethyl adjacent to an activating group) is 1. The number of carbonyl (C=O) groups excluding carboxylic acids is 2. The monoisotopic (exact) mass is 477 g/mol. The Hall–Kier alpha value is -2.68. The lowest BCUT2D eigenvalue weighted by Crippen LogP contribution is -2.50. The summed E-state index contributed by atoms with van der Waals surface area (Å²) < 4.78 is 0. The van der Waals surface area contributed by atoms with E-state index in [1.165, 1.54) is 11.8 Å². The molecule has 0 spiro atoms. The average molecular weight is 478 g/mol. The lowest BCUT2D eigenvalue weighted by Gasteiger charge is -2.22. The van der Waals surface area contributed by atoms with Gasteiger partial charge in [0.05, 0.1) is 11.4 Å². The summed E-state index contributed by atoms with van der Waals surface area (Å²) in [6.45, 7) is 2.23. The van der Waals surface area contributed by atoms with Crippen LogP contribution in [-0.4, -0.2) is 48.9 Å². The minimum absolute atomic E-state index is 0.133. The molecule has 0 aliphatic carbocycles. The molecule has 0 aromatic heterocycles. The molecule has 0 bridgehead atoms. The number of nitrogens with one attached hydrogen (secondary N) is 3. The zero-order valence-electron chi connectivity index (χ0n) is 16.9. The number of nitrogens with zero attached hydrogens (tertiary/aromatic N) is 2. The molecule has 2 aromatic rings. The van der Waals surface area contributed by atoms with Crippen LogP contribution in [0.3, 0.4) is 0 Å². The van der Waals surface area contributed by atoms with Gasteiger partial charge in [0, 0.05) is 48.2 Å². The minimum Gasteiger partial charge on any atom is -0.361 e. The van der Waals surface area contributed by atoms with Crippen molar-refractivity contribution < 1.29 is 9.59 Å². The van der Waals surface area contributed by atoms with E-state index in [0.29, 0.717) is 45.7 Å². The van der Waals surface area contributed by atoms with Gasteiger partial charge in [-0.05, 0) is 36.5 Å². The second-order valence-electron chi connectivity index (χ2n) is 6.80. The Morgan fingerprint density at radius 2 is 1.84 bits per heavy atom. The maximum Gasteiger partial charge on any atom is 0.272 e. The van der Waals surface area contributed by atoms with Gasteiger partial charge in [0.15, 0.2) is 5.11 Å². The summed E-state index contributed by atoms with van der Waals surface area (Å²) in [6.07, 6.45) is -0.983. The van der Waals surface area contributed by atoms with E-state index in [1.54, 1.807) is 31.3 Å². The highest BCUT2D eigenvalue weighted by Crippen LogP contribution is 2.31. The quantitative estimate of drug-likeness (QED) is 0.455. The van der Waals surface area contributed by atoms with Crippen molar-refractivity contribution in [1.29, 1.82) is 0 Å². The van der Waals surface area contributed by atoms with Gasteiger partial charge in [-0.3, -0.25) is 9.59 Å². The number of anilines is 1. The van der Waals surface area contributed by atoms with E-state index in [9.17, 15) is 9.59 Å². The molecule has 0 saturated heterocycles. The summed E-state index contributed by atoms with van der Waals surface area (Å²) in [4.78, 5) is 30.3. The fraction of sp³-hybridized carbons (Fsp3) is 0.238. The van der Waals surface area contributed by atoms with Gasteiger partial charge in [-0.2, -0.15) is 0 Å². The van der Waals surface area contributed by atoms with Crippen molar-refractivity contribution in [3.05, 3.63) is 63.6 Å². The number of hydrogen-bond donors (Lipinski definition) is 3. The third-order valence-electron chi connectivity index (χ3n) is 4.58. The van der Waals surface area contributed by atoms with E-state index in [2.05, 4.69) is 16.0 Å². The zero-order valence-corrected chi connectivity index (χ0v) is 19.2. The zero-order chi connectivity index (χ0) is 22.5. The molecule has 2 amide bonds. The molecule has 3 N–H and O–H groups in total. The van der Waals surface area contributed by atoms with E-state index < -0.39 is 6.17 Å². The van der Waals surface area contributed by atoms with Gasteiger partial charge >= 0.3 is 0 Å². The van der Waals surface area contributed by atoms with Gasteiger partial charge in [-0.1, -0.05) is 41.4 Å². The van der Waals surface area contributed by atoms with Crippen LogP contribution in [0, 0.1) is 0 Å². The molecule has 162 valence electrons. The lowest BCUT2D eigenvalue weighted by atomic mass is 10.00. The maximum atomic E-state index is 13.2. The summed E-state index contributed by atoms with van der Waals surface area (Å²) in [5.74, 6) is -0.428. The van der Waals surface area contributed by atoms with Crippen molar-refractivity contribution in [3.63, 3.8) is 0 Å². The van der Waals surface area contributed by atoms with Crippen LogP contribution in [0.25, 0.3) is 0 Å². The molecule has 3 rings (SSSR count). The fourth-order valence-corrected chi connectivity index (χ4v) is 3.71. The van der Waals surface area contributed by atoms with Crippen LogP contribution in [0.15, 0.2) is 47.5 Å². The van der Waals surface area contributed by atoms with Gasteiger partial charge in [0.25, 0.3) is 5.91 Å². The molecule has 7 nitrogen and oxygen atoms in total. The third kappa shape index (κ3) is 5.52. The second-order valence-corrected chi connectivity index (χ2v) is 8.05. The SMILES string of the molecule is CC(=O)NCCNC(=S)NC1N=C(c2ccccc2Cl)c2cc(Cl)ccc2N(C)C1=O. The van der Waals surface area contributed by atoms with Crippen LogP contribution < -0.4 is 20.9 Å². The highest BCUT2D eigenvalue weighted by molar-refractivity contribution is 7.80. The number of thiocarbonyl (C=S) groups is 1. The summed E-state index contributed by atoms with van der Waals surface area (Å²) >= 11 is 18.0. The number of aliphatic imine (C=N–C) groups is 1. The van der Waals surface area contributed by atoms with Crippen molar-refractivity contribution in [1.82, 2.24) is 16.0 Å². The second kappa shape index (κ2) is 10.1. The number of halogens is 2. The number of benzodiazepines with no additional fused rings is 1. The number of carbonyl (C=O) groups is 2. The van der Waals surface area contributed by atoms with Crippen molar-refractivity contribution in [2.24, 2.45) is 4.99 Å². The Balaban J connectivity index is 1.95. The first kappa shape index (κ1) is 23.0. The first-order valence-electron chi connectivity index (χ1n) is 9.47. The summed E-state index contributed by atoms with van der Waals surface area (Å²) in [5, 5.41) is 9.82. The molecular formula is C21H21Cl2N5O2S. The van der Waals surface area contributed by atoms with Gasteiger partial charge in [0.1, 0.15) is 0 Å². The number of amides is 2. The molecule has 1 aliphatic heterocycles. The van der Waals surface area contributed by atoms with E-state index >= 15 is 0 Å². The summed E-state index contributed by atoms with van der Waals surface area (Å²) in [7, 11) is 1.67. The molecule has 10 heteroatoms. The smallest absolute Gasteiger partial charge is 0.272 e. The molecule has 1 atom stereocenters. The highest BCUT2D eigenvalue weighted by Gasteiger charge is 2.31. The molecule has 0 saturated carbocycles. The highest BCUT2D eigenvalue weighted by atomic mass is 35.5. The first-order chi connectivity index (χ1) is 14.8. The van der Waals surface area contributed by atoms with Crippen LogP contribution in [-0.2, 0) is 9.59 Å². The molecule has 1 unspecified atom stereocenters. The molecular weight excluding hydrogens is 457 g/mol. The Morgan fingerprint density at radius 1 is 1.13 bits per heavy atom. The number of fused-ring (bicyclic) bond motifs is 1. The molecule has 0 fully saturated rings. The Labute approximate surface area is 195 Å². The maximum absolute atomic E-state index is 13.2. The first-order valence-corrected chi connectivity index (χ1v) is 10.6. The van der Waals surface area contributed by atoms with Crippen molar-refractivity contribution in [3.8, 4) is 0 Å². The van der Waals surface area contributed by atoms with E-state index in [0.717, 1.165) is 0 Å². The van der Waals surface area contributed by atoms with Crippen molar-refractivity contribution in [2.75, 3.05) is 25.0 Å². The van der Waals surface area contributed by atoms with Crippen molar-refractivity contribution in [2.45, 2.75) is 13.1 Å². The molecule has 31 heavy (non-hydrogen) atoms. The summed E-state index contributed by atoms with van der Waals surface area (Å²) in [5.41, 5.74) is 2.54. The minimum atomic E-state index is -0.983. The molecule has 2 aromatic carbocycles. The Bertz CT molecular complexity index is 1060. The number of hydrogen-bond acceptors (Lipinski definition) is 4. The number of rotatable bonds is 5. The molecule has 0 radical (unpaired) electrons. The predicted molar refractivity (Wildman–Crippen MR) is 128 cm³/mol. The van der Waals surface area contributed by atoms with Gasteiger partial charge < -0.3 is 20.9 Å². The standard InChI is InChI=1S/C21H21Cl2N5O2S/c1-12(29)24-9-10-25-21(31)27-19-20(30)28(2)17-8-7-13(22)11-15(17)18(26-19)14-5-3-4-6-16(14)23/h3-8,11,19H,9-10H2,1-2H3,(H,24,29)(H2,25,27,31). The largest absolute Gasteiger partial charge is 0.361 e. The topological polar surface area (TPSA) is 85.8 Å². The van der Waals surface area contributed by atoms with Crippen molar-refractivity contribution >= 4 is 63.7 Å². The van der Waals surface area contributed by atoms with Crippen LogP contribution in [0.2, 0.25) is 10.0 Å². The number of benzene rings is 2. The summed E-state index contributed by atoms with van der Waals surface area (Å²) in [6, 6.07) is 12.5. The predicted octanol–water partition coefficient (Wildman–Crippen LogP) is 2.73. The van der Waals surface area contributed by atoms with Crippen LogP contribution >= 0.6 is 35.4 Å². The third-order valence-corrected chi connectivity index (χ3v) is 5.41. The lowest BCUT2D eigenvalue weighted by molar-refractivity contribution is -0.120. The van der Waals surface area contributed by atoms with Gasteiger partial charge in [-0.15, -0.1) is 0 Å². The Kier molecular flexibility index (Phi) is 7.48. The molecule has 1 heterocycles. The normalized spacial score (nSPS) is 15.5. The van der Waals surface area contributed by atoms with Gasteiger partial charge in [0.2, 0.25) is 12.1 Å². The molecule has 1 aliphatic rings. The van der Waals surface area contributed by atoms with E-state index in [-0.39, 0.29) is 16.9 Å². The average Bonchev–Trinajstić information content (AvgIpc) is 2.82. The van der Waals surface area contributed by atoms with Crippen LogP contribution in [0.4, 0.5) is 5.69 Å². The van der Waals surface area contributed by atoms with E-state index in [1.807, 2.05) is 18.2 Å². The van der Waals surface area contributed by atoms with Crippen LogP contribution in [0.1, 0.15) is 18.1 Å². The van der Waals surface area contributed by atoms with Gasteiger partial charge in [-0.25, -0.2) is 4.99 Å². The van der Waals surface area contributed by atoms with Crippen LogP contribution in [0.5, 0.6) is 0 Å². The Morgan fingerprint density at radius 3 is 2.55 bits per heavy atom. The van der Waals surface area contributed by atoms with E-state index in [4.69, 9.17) is 40.4 Å².